The third-order valence-corrected chi connectivity index (χ3v) is 4.96. The van der Waals surface area contributed by atoms with Crippen molar-refractivity contribution in [1.82, 2.24) is 0 Å². The molecule has 0 aliphatic carbocycles. The molecule has 0 spiro atoms. The van der Waals surface area contributed by atoms with Gasteiger partial charge in [-0.15, -0.1) is 0 Å². The van der Waals surface area contributed by atoms with Crippen LogP contribution in [0.25, 0.3) is 0 Å². The van der Waals surface area contributed by atoms with Crippen LogP contribution in [-0.2, 0) is 28.9 Å². The topological polar surface area (TPSA) is 58.9 Å². The van der Waals surface area contributed by atoms with E-state index in [2.05, 4.69) is 41.6 Å². The molecule has 0 saturated carbocycles. The Labute approximate surface area is 184 Å². The minimum atomic E-state index is -0.763. The van der Waals surface area contributed by atoms with E-state index >= 15 is 0 Å². The Morgan fingerprint density at radius 2 is 1.42 bits per heavy atom. The second-order valence-corrected chi connectivity index (χ2v) is 7.87. The zero-order valence-electron chi connectivity index (χ0n) is 18.1. The standard InChI is InChI=1S/C27H29NO3/c1-20(2)31-28-27(24-8-4-3-5-9-24)25-10-6-7-23(19-25)16-15-21-11-13-22(14-12-21)17-18-26(29)30/h3-14,19-20H,15-18H2,1-2H3,(H,29,30)/b28-27-. The van der Waals surface area contributed by atoms with Gasteiger partial charge in [-0.2, -0.15) is 0 Å². The lowest BCUT2D eigenvalue weighted by Crippen LogP contribution is -2.07. The van der Waals surface area contributed by atoms with Gasteiger partial charge in [0.25, 0.3) is 0 Å². The van der Waals surface area contributed by atoms with E-state index in [1.807, 2.05) is 56.3 Å². The summed E-state index contributed by atoms with van der Waals surface area (Å²) in [5.41, 5.74) is 6.43. The number of carboxylic acid groups (broad SMARTS) is 1. The third kappa shape index (κ3) is 7.10. The van der Waals surface area contributed by atoms with Crippen molar-refractivity contribution in [2.45, 2.75) is 45.6 Å². The number of rotatable bonds is 10. The van der Waals surface area contributed by atoms with Crippen LogP contribution >= 0.6 is 0 Å². The molecule has 0 aliphatic heterocycles. The lowest BCUT2D eigenvalue weighted by molar-refractivity contribution is -0.136. The second kappa shape index (κ2) is 11.1. The van der Waals surface area contributed by atoms with Crippen LogP contribution in [0.3, 0.4) is 0 Å². The number of carboxylic acids is 1. The van der Waals surface area contributed by atoms with Gasteiger partial charge in [0.2, 0.25) is 0 Å². The number of nitrogens with zero attached hydrogens (tertiary/aromatic N) is 1. The molecular weight excluding hydrogens is 386 g/mol. The van der Waals surface area contributed by atoms with Gasteiger partial charge in [-0.1, -0.05) is 78.0 Å². The number of aliphatic carboxylic acids is 1. The summed E-state index contributed by atoms with van der Waals surface area (Å²) >= 11 is 0. The van der Waals surface area contributed by atoms with E-state index in [0.29, 0.717) is 6.42 Å². The molecule has 0 aliphatic rings. The first-order valence-electron chi connectivity index (χ1n) is 10.7. The number of hydrogen-bond donors (Lipinski definition) is 1. The van der Waals surface area contributed by atoms with Crippen molar-refractivity contribution in [1.29, 1.82) is 0 Å². The number of aryl methyl sites for hydroxylation is 3. The number of carbonyl (C=O) groups is 1. The highest BCUT2D eigenvalue weighted by Crippen LogP contribution is 2.16. The van der Waals surface area contributed by atoms with E-state index in [4.69, 9.17) is 9.94 Å². The van der Waals surface area contributed by atoms with E-state index in [9.17, 15) is 4.79 Å². The fourth-order valence-electron chi connectivity index (χ4n) is 3.31. The molecular formula is C27H29NO3. The molecule has 4 heteroatoms. The van der Waals surface area contributed by atoms with Gasteiger partial charge in [0, 0.05) is 17.5 Å². The number of hydrogen-bond acceptors (Lipinski definition) is 3. The van der Waals surface area contributed by atoms with Crippen molar-refractivity contribution < 1.29 is 14.7 Å². The van der Waals surface area contributed by atoms with E-state index in [1.165, 1.54) is 11.1 Å². The lowest BCUT2D eigenvalue weighted by atomic mass is 9.97. The molecule has 0 fully saturated rings. The Hall–Kier alpha value is -3.40. The first kappa shape index (κ1) is 22.3. The molecule has 0 atom stereocenters. The Balaban J connectivity index is 1.71. The molecule has 0 aromatic heterocycles. The fourth-order valence-corrected chi connectivity index (χ4v) is 3.31. The summed E-state index contributed by atoms with van der Waals surface area (Å²) in [6, 6.07) is 26.8. The monoisotopic (exact) mass is 415 g/mol. The number of benzene rings is 3. The van der Waals surface area contributed by atoms with Gasteiger partial charge < -0.3 is 9.94 Å². The van der Waals surface area contributed by atoms with Crippen LogP contribution in [0, 0.1) is 0 Å². The molecule has 0 amide bonds. The molecule has 3 aromatic rings. The predicted octanol–water partition coefficient (Wildman–Crippen LogP) is 5.67. The third-order valence-electron chi connectivity index (χ3n) is 4.96. The summed E-state index contributed by atoms with van der Waals surface area (Å²) in [6.45, 7) is 3.94. The van der Waals surface area contributed by atoms with E-state index in [0.717, 1.165) is 35.2 Å². The first-order chi connectivity index (χ1) is 15.0. The highest BCUT2D eigenvalue weighted by Gasteiger charge is 2.10. The van der Waals surface area contributed by atoms with E-state index in [1.54, 1.807) is 0 Å². The van der Waals surface area contributed by atoms with Crippen LogP contribution in [0.2, 0.25) is 0 Å². The van der Waals surface area contributed by atoms with Gasteiger partial charge in [0.15, 0.2) is 0 Å². The predicted molar refractivity (Wildman–Crippen MR) is 125 cm³/mol. The average molecular weight is 416 g/mol. The van der Waals surface area contributed by atoms with Crippen LogP contribution in [0.1, 0.15) is 48.1 Å². The van der Waals surface area contributed by atoms with Crippen LogP contribution in [-0.4, -0.2) is 22.9 Å². The van der Waals surface area contributed by atoms with Gasteiger partial charge in [0.1, 0.15) is 11.8 Å². The second-order valence-electron chi connectivity index (χ2n) is 7.87. The summed E-state index contributed by atoms with van der Waals surface area (Å²) in [4.78, 5) is 16.3. The maximum absolute atomic E-state index is 10.7. The molecule has 4 nitrogen and oxygen atoms in total. The quantitative estimate of drug-likeness (QED) is 0.343. The van der Waals surface area contributed by atoms with Gasteiger partial charge in [-0.3, -0.25) is 4.79 Å². The molecule has 0 saturated heterocycles. The average Bonchev–Trinajstić information content (AvgIpc) is 2.78. The van der Waals surface area contributed by atoms with Crippen molar-refractivity contribution in [2.75, 3.05) is 0 Å². The van der Waals surface area contributed by atoms with Crippen molar-refractivity contribution in [3.8, 4) is 0 Å². The van der Waals surface area contributed by atoms with Crippen molar-refractivity contribution in [2.24, 2.45) is 5.16 Å². The molecule has 0 unspecified atom stereocenters. The van der Waals surface area contributed by atoms with Crippen LogP contribution in [0.5, 0.6) is 0 Å². The van der Waals surface area contributed by atoms with Crippen molar-refractivity contribution >= 4 is 11.7 Å². The fraction of sp³-hybridized carbons (Fsp3) is 0.259. The molecule has 0 bridgehead atoms. The van der Waals surface area contributed by atoms with E-state index < -0.39 is 5.97 Å². The highest BCUT2D eigenvalue weighted by molar-refractivity contribution is 6.12. The van der Waals surface area contributed by atoms with Crippen molar-refractivity contribution in [3.05, 3.63) is 107 Å². The summed E-state index contributed by atoms with van der Waals surface area (Å²) in [5.74, 6) is -0.763. The molecule has 31 heavy (non-hydrogen) atoms. The summed E-state index contributed by atoms with van der Waals surface area (Å²) < 4.78 is 0. The maximum Gasteiger partial charge on any atom is 0.303 e. The Kier molecular flexibility index (Phi) is 7.99. The lowest BCUT2D eigenvalue weighted by Gasteiger charge is -2.11. The smallest absolute Gasteiger partial charge is 0.303 e. The zero-order chi connectivity index (χ0) is 22.1. The SMILES string of the molecule is CC(C)O/N=C(/c1ccccc1)c1cccc(CCc2ccc(CCC(=O)O)cc2)c1. The van der Waals surface area contributed by atoms with Crippen molar-refractivity contribution in [3.63, 3.8) is 0 Å². The van der Waals surface area contributed by atoms with Gasteiger partial charge in [-0.25, -0.2) is 0 Å². The Morgan fingerprint density at radius 3 is 2.06 bits per heavy atom. The first-order valence-corrected chi connectivity index (χ1v) is 10.7. The molecule has 3 rings (SSSR count). The Morgan fingerprint density at radius 1 is 0.806 bits per heavy atom. The zero-order valence-corrected chi connectivity index (χ0v) is 18.1. The highest BCUT2D eigenvalue weighted by atomic mass is 16.6. The van der Waals surface area contributed by atoms with Crippen LogP contribution < -0.4 is 0 Å². The largest absolute Gasteiger partial charge is 0.481 e. The minimum Gasteiger partial charge on any atom is -0.481 e. The Bertz CT molecular complexity index is 1010. The summed E-state index contributed by atoms with van der Waals surface area (Å²) in [7, 11) is 0. The molecule has 160 valence electrons. The van der Waals surface area contributed by atoms with Crippen LogP contribution in [0.15, 0.2) is 84.0 Å². The summed E-state index contributed by atoms with van der Waals surface area (Å²) in [5, 5.41) is 13.3. The minimum absolute atomic E-state index is 0.0142. The molecule has 3 aromatic carbocycles. The molecule has 0 heterocycles. The van der Waals surface area contributed by atoms with Crippen LogP contribution in [0.4, 0.5) is 0 Å². The molecule has 1 N–H and O–H groups in total. The molecule has 0 radical (unpaired) electrons. The van der Waals surface area contributed by atoms with E-state index in [-0.39, 0.29) is 12.5 Å². The summed E-state index contributed by atoms with van der Waals surface area (Å²) in [6.07, 6.45) is 2.58. The number of oxime groups is 1. The van der Waals surface area contributed by atoms with Gasteiger partial charge in [0.05, 0.1) is 0 Å². The van der Waals surface area contributed by atoms with Gasteiger partial charge >= 0.3 is 5.97 Å². The maximum atomic E-state index is 10.7. The normalized spacial score (nSPS) is 11.5. The van der Waals surface area contributed by atoms with Gasteiger partial charge in [-0.05, 0) is 55.9 Å².